The van der Waals surface area contributed by atoms with E-state index in [1.165, 1.54) is 0 Å². The first kappa shape index (κ1) is 16.1. The van der Waals surface area contributed by atoms with Crippen LogP contribution in [0.5, 0.6) is 0 Å². The minimum atomic E-state index is -0.819. The van der Waals surface area contributed by atoms with Crippen molar-refractivity contribution in [3.05, 3.63) is 0 Å². The SMILES string of the molecule is CC1CC(C(=O)O)CN(C(=O)NCC2CCC(C)(C)O2)C1. The first-order valence-corrected chi connectivity index (χ1v) is 7.70. The lowest BCUT2D eigenvalue weighted by molar-refractivity contribution is -0.143. The number of carbonyl (C=O) groups excluding carboxylic acids is 1. The van der Waals surface area contributed by atoms with Gasteiger partial charge < -0.3 is 20.1 Å². The van der Waals surface area contributed by atoms with E-state index >= 15 is 0 Å². The Morgan fingerprint density at radius 1 is 1.38 bits per heavy atom. The molecule has 3 atom stereocenters. The zero-order valence-corrected chi connectivity index (χ0v) is 13.1. The summed E-state index contributed by atoms with van der Waals surface area (Å²) in [5.41, 5.74) is -0.108. The standard InChI is InChI=1S/C15H26N2O4/c1-10-6-11(13(18)19)9-17(8-10)14(20)16-7-12-4-5-15(2,3)21-12/h10-12H,4-9H2,1-3H3,(H,16,20)(H,18,19). The predicted molar refractivity (Wildman–Crippen MR) is 78.1 cm³/mol. The predicted octanol–water partition coefficient (Wildman–Crippen LogP) is 1.70. The topological polar surface area (TPSA) is 78.9 Å². The summed E-state index contributed by atoms with van der Waals surface area (Å²) in [5.74, 6) is -1.06. The number of carboxylic acid groups (broad SMARTS) is 1. The van der Waals surface area contributed by atoms with E-state index in [0.717, 1.165) is 12.8 Å². The molecule has 0 aromatic heterocycles. The Morgan fingerprint density at radius 2 is 2.10 bits per heavy atom. The molecule has 0 spiro atoms. The van der Waals surface area contributed by atoms with E-state index in [2.05, 4.69) is 19.2 Å². The summed E-state index contributed by atoms with van der Waals surface area (Å²) in [7, 11) is 0. The number of hydrogen-bond acceptors (Lipinski definition) is 3. The zero-order chi connectivity index (χ0) is 15.6. The van der Waals surface area contributed by atoms with Crippen molar-refractivity contribution in [3.63, 3.8) is 0 Å². The van der Waals surface area contributed by atoms with E-state index in [9.17, 15) is 9.59 Å². The molecular formula is C15H26N2O4. The average Bonchev–Trinajstić information content (AvgIpc) is 2.74. The molecule has 0 bridgehead atoms. The van der Waals surface area contributed by atoms with Gasteiger partial charge >= 0.3 is 12.0 Å². The summed E-state index contributed by atoms with van der Waals surface area (Å²) in [5, 5.41) is 12.0. The van der Waals surface area contributed by atoms with Crippen LogP contribution in [-0.2, 0) is 9.53 Å². The van der Waals surface area contributed by atoms with Crippen LogP contribution in [0.2, 0.25) is 0 Å². The number of urea groups is 1. The fourth-order valence-corrected chi connectivity index (χ4v) is 3.23. The van der Waals surface area contributed by atoms with Gasteiger partial charge in [-0.05, 0) is 39.0 Å². The second kappa shape index (κ2) is 6.22. The number of nitrogens with zero attached hydrogens (tertiary/aromatic N) is 1. The van der Waals surface area contributed by atoms with Crippen LogP contribution in [0.15, 0.2) is 0 Å². The van der Waals surface area contributed by atoms with Crippen molar-refractivity contribution in [1.29, 1.82) is 0 Å². The Kier molecular flexibility index (Phi) is 4.76. The Labute approximate surface area is 125 Å². The first-order valence-electron chi connectivity index (χ1n) is 7.70. The maximum atomic E-state index is 12.2. The van der Waals surface area contributed by atoms with Crippen LogP contribution in [0.4, 0.5) is 4.79 Å². The van der Waals surface area contributed by atoms with E-state index < -0.39 is 11.9 Å². The van der Waals surface area contributed by atoms with Crippen LogP contribution in [0.1, 0.15) is 40.0 Å². The average molecular weight is 298 g/mol. The smallest absolute Gasteiger partial charge is 0.317 e. The Bertz CT molecular complexity index is 410. The number of rotatable bonds is 3. The van der Waals surface area contributed by atoms with Gasteiger partial charge in [-0.1, -0.05) is 6.92 Å². The number of carboxylic acids is 1. The van der Waals surface area contributed by atoms with Crippen molar-refractivity contribution in [3.8, 4) is 0 Å². The van der Waals surface area contributed by atoms with Crippen molar-refractivity contribution in [2.45, 2.75) is 51.7 Å². The van der Waals surface area contributed by atoms with Gasteiger partial charge in [-0.15, -0.1) is 0 Å². The molecule has 21 heavy (non-hydrogen) atoms. The number of piperidine rings is 1. The van der Waals surface area contributed by atoms with Gasteiger partial charge in [0.1, 0.15) is 0 Å². The van der Waals surface area contributed by atoms with Crippen LogP contribution < -0.4 is 5.32 Å². The summed E-state index contributed by atoms with van der Waals surface area (Å²) in [4.78, 5) is 24.9. The Morgan fingerprint density at radius 3 is 2.67 bits per heavy atom. The molecule has 0 saturated carbocycles. The maximum Gasteiger partial charge on any atom is 0.317 e. The largest absolute Gasteiger partial charge is 0.481 e. The summed E-state index contributed by atoms with van der Waals surface area (Å²) >= 11 is 0. The van der Waals surface area contributed by atoms with Crippen molar-refractivity contribution in [1.82, 2.24) is 10.2 Å². The Hall–Kier alpha value is -1.30. The second-order valence-electron chi connectivity index (χ2n) is 7.01. The maximum absolute atomic E-state index is 12.2. The molecule has 6 heteroatoms. The fourth-order valence-electron chi connectivity index (χ4n) is 3.23. The molecule has 2 rings (SSSR count). The van der Waals surface area contributed by atoms with E-state index in [4.69, 9.17) is 9.84 Å². The van der Waals surface area contributed by atoms with Gasteiger partial charge in [0.15, 0.2) is 0 Å². The van der Waals surface area contributed by atoms with E-state index in [1.807, 2.05) is 6.92 Å². The minimum Gasteiger partial charge on any atom is -0.481 e. The lowest BCUT2D eigenvalue weighted by Gasteiger charge is -2.34. The van der Waals surface area contributed by atoms with Gasteiger partial charge in [0.25, 0.3) is 0 Å². The monoisotopic (exact) mass is 298 g/mol. The minimum absolute atomic E-state index is 0.0569. The van der Waals surface area contributed by atoms with E-state index in [-0.39, 0.29) is 23.7 Å². The quantitative estimate of drug-likeness (QED) is 0.831. The Balaban J connectivity index is 1.81. The van der Waals surface area contributed by atoms with Crippen LogP contribution in [0.25, 0.3) is 0 Å². The number of amides is 2. The third-order valence-corrected chi connectivity index (χ3v) is 4.33. The number of nitrogens with one attached hydrogen (secondary N) is 1. The summed E-state index contributed by atoms with van der Waals surface area (Å²) in [6, 6.07) is -0.180. The van der Waals surface area contributed by atoms with Gasteiger partial charge in [-0.2, -0.15) is 0 Å². The number of ether oxygens (including phenoxy) is 1. The molecule has 120 valence electrons. The third kappa shape index (κ3) is 4.33. The zero-order valence-electron chi connectivity index (χ0n) is 13.1. The second-order valence-corrected chi connectivity index (χ2v) is 7.01. The van der Waals surface area contributed by atoms with Crippen LogP contribution in [-0.4, -0.2) is 53.3 Å². The summed E-state index contributed by atoms with van der Waals surface area (Å²) < 4.78 is 5.84. The lowest BCUT2D eigenvalue weighted by Crippen LogP contribution is -2.50. The molecule has 0 aliphatic carbocycles. The fraction of sp³-hybridized carbons (Fsp3) is 0.867. The molecule has 0 radical (unpaired) electrons. The number of hydrogen-bond donors (Lipinski definition) is 2. The molecule has 2 N–H and O–H groups in total. The lowest BCUT2D eigenvalue weighted by atomic mass is 9.91. The normalized spacial score (nSPS) is 32.0. The van der Waals surface area contributed by atoms with Crippen molar-refractivity contribution in [2.24, 2.45) is 11.8 Å². The first-order chi connectivity index (χ1) is 9.77. The molecule has 3 unspecified atom stereocenters. The molecule has 2 aliphatic rings. The molecule has 2 fully saturated rings. The molecule has 6 nitrogen and oxygen atoms in total. The highest BCUT2D eigenvalue weighted by Gasteiger charge is 2.34. The van der Waals surface area contributed by atoms with E-state index in [0.29, 0.717) is 26.1 Å². The van der Waals surface area contributed by atoms with Gasteiger partial charge in [0.2, 0.25) is 0 Å². The molecular weight excluding hydrogens is 272 g/mol. The van der Waals surface area contributed by atoms with Crippen LogP contribution >= 0.6 is 0 Å². The molecule has 2 aliphatic heterocycles. The highest BCUT2D eigenvalue weighted by molar-refractivity contribution is 5.76. The number of aliphatic carboxylic acids is 1. The highest BCUT2D eigenvalue weighted by atomic mass is 16.5. The summed E-state index contributed by atoms with van der Waals surface area (Å²) in [6.07, 6.45) is 2.64. The number of likely N-dealkylation sites (tertiary alicyclic amines) is 1. The molecule has 2 amide bonds. The van der Waals surface area contributed by atoms with Gasteiger partial charge in [-0.25, -0.2) is 4.79 Å². The van der Waals surface area contributed by atoms with Crippen LogP contribution in [0, 0.1) is 11.8 Å². The van der Waals surface area contributed by atoms with Crippen molar-refractivity contribution in [2.75, 3.05) is 19.6 Å². The molecule has 2 heterocycles. The van der Waals surface area contributed by atoms with Gasteiger partial charge in [0, 0.05) is 19.6 Å². The summed E-state index contributed by atoms with van der Waals surface area (Å²) in [6.45, 7) is 7.50. The van der Waals surface area contributed by atoms with Crippen LogP contribution in [0.3, 0.4) is 0 Å². The third-order valence-electron chi connectivity index (χ3n) is 4.33. The van der Waals surface area contributed by atoms with E-state index in [1.54, 1.807) is 4.90 Å². The van der Waals surface area contributed by atoms with Gasteiger partial charge in [0.05, 0.1) is 17.6 Å². The molecule has 2 saturated heterocycles. The number of carbonyl (C=O) groups is 2. The highest BCUT2D eigenvalue weighted by Crippen LogP contribution is 2.29. The molecule has 0 aromatic carbocycles. The van der Waals surface area contributed by atoms with Gasteiger partial charge in [-0.3, -0.25) is 4.79 Å². The molecule has 0 aromatic rings. The van der Waals surface area contributed by atoms with Crippen molar-refractivity contribution < 1.29 is 19.4 Å². The van der Waals surface area contributed by atoms with Crippen molar-refractivity contribution >= 4 is 12.0 Å².